The van der Waals surface area contributed by atoms with Crippen molar-refractivity contribution in [2.24, 2.45) is 18.7 Å². The Morgan fingerprint density at radius 1 is 1.50 bits per heavy atom. The number of aryl methyl sites for hydroxylation is 1. The number of piperidine rings is 1. The summed E-state index contributed by atoms with van der Waals surface area (Å²) < 4.78 is 1.72. The summed E-state index contributed by atoms with van der Waals surface area (Å²) in [6.07, 6.45) is 6.17. The van der Waals surface area contributed by atoms with Gasteiger partial charge in [0.15, 0.2) is 0 Å². The van der Waals surface area contributed by atoms with Crippen molar-refractivity contribution in [1.82, 2.24) is 14.7 Å². The Kier molecular flexibility index (Phi) is 8.16. The SMILES string of the molecule is CC1CCN(C(=O)Cc2cnn(C)c2)C(CN)C1.Cl.Cl. The Balaban J connectivity index is 0.00000180. The van der Waals surface area contributed by atoms with Crippen molar-refractivity contribution >= 4 is 30.7 Å². The van der Waals surface area contributed by atoms with Gasteiger partial charge in [0.25, 0.3) is 0 Å². The molecule has 20 heavy (non-hydrogen) atoms. The minimum absolute atomic E-state index is 0. The van der Waals surface area contributed by atoms with Gasteiger partial charge in [-0.2, -0.15) is 5.10 Å². The molecule has 1 amide bonds. The predicted octanol–water partition coefficient (Wildman–Crippen LogP) is 1.39. The zero-order valence-corrected chi connectivity index (χ0v) is 13.6. The van der Waals surface area contributed by atoms with Crippen molar-refractivity contribution in [3.63, 3.8) is 0 Å². The van der Waals surface area contributed by atoms with E-state index in [2.05, 4.69) is 12.0 Å². The van der Waals surface area contributed by atoms with E-state index in [0.29, 0.717) is 18.9 Å². The molecular formula is C13H24Cl2N4O. The molecule has 2 atom stereocenters. The average Bonchev–Trinajstić information content (AvgIpc) is 2.74. The van der Waals surface area contributed by atoms with Gasteiger partial charge in [-0.1, -0.05) is 6.92 Å². The molecule has 7 heteroatoms. The zero-order chi connectivity index (χ0) is 13.1. The van der Waals surface area contributed by atoms with Gasteiger partial charge >= 0.3 is 0 Å². The van der Waals surface area contributed by atoms with E-state index in [0.717, 1.165) is 24.9 Å². The second-order valence-electron chi connectivity index (χ2n) is 5.31. The molecule has 1 aliphatic heterocycles. The van der Waals surface area contributed by atoms with E-state index >= 15 is 0 Å². The molecule has 2 rings (SSSR count). The second kappa shape index (κ2) is 8.49. The maximum absolute atomic E-state index is 12.3. The second-order valence-corrected chi connectivity index (χ2v) is 5.31. The van der Waals surface area contributed by atoms with Crippen LogP contribution in [0.3, 0.4) is 0 Å². The van der Waals surface area contributed by atoms with Gasteiger partial charge in [-0.15, -0.1) is 24.8 Å². The molecule has 0 aliphatic carbocycles. The Morgan fingerprint density at radius 2 is 2.20 bits per heavy atom. The first-order valence-corrected chi connectivity index (χ1v) is 6.57. The van der Waals surface area contributed by atoms with Gasteiger partial charge in [-0.25, -0.2) is 0 Å². The van der Waals surface area contributed by atoms with Crippen LogP contribution in [0.1, 0.15) is 25.3 Å². The normalized spacial score (nSPS) is 21.9. The Morgan fingerprint density at radius 3 is 2.75 bits per heavy atom. The van der Waals surface area contributed by atoms with E-state index in [4.69, 9.17) is 5.73 Å². The molecular weight excluding hydrogens is 299 g/mol. The van der Waals surface area contributed by atoms with E-state index in [9.17, 15) is 4.79 Å². The first-order chi connectivity index (χ1) is 8.60. The van der Waals surface area contributed by atoms with Crippen molar-refractivity contribution in [3.05, 3.63) is 18.0 Å². The molecule has 1 aromatic rings. The van der Waals surface area contributed by atoms with E-state index < -0.39 is 0 Å². The maximum Gasteiger partial charge on any atom is 0.227 e. The molecule has 1 saturated heterocycles. The van der Waals surface area contributed by atoms with Crippen LogP contribution in [0.25, 0.3) is 0 Å². The number of nitrogens with zero attached hydrogens (tertiary/aromatic N) is 3. The summed E-state index contributed by atoms with van der Waals surface area (Å²) in [5, 5.41) is 4.09. The minimum Gasteiger partial charge on any atom is -0.338 e. The van der Waals surface area contributed by atoms with Crippen LogP contribution in [0, 0.1) is 5.92 Å². The van der Waals surface area contributed by atoms with Crippen LogP contribution in [0.15, 0.2) is 12.4 Å². The number of hydrogen-bond donors (Lipinski definition) is 1. The highest BCUT2D eigenvalue weighted by Gasteiger charge is 2.28. The van der Waals surface area contributed by atoms with Gasteiger partial charge in [0.2, 0.25) is 5.91 Å². The first-order valence-electron chi connectivity index (χ1n) is 6.57. The van der Waals surface area contributed by atoms with E-state index in [1.807, 2.05) is 18.1 Å². The number of carbonyl (C=O) groups is 1. The highest BCUT2D eigenvalue weighted by atomic mass is 35.5. The standard InChI is InChI=1S/C13H22N4O.2ClH/c1-10-3-4-17(12(5-10)7-14)13(18)6-11-8-15-16(2)9-11;;/h8-10,12H,3-7,14H2,1-2H3;2*1H. The summed E-state index contributed by atoms with van der Waals surface area (Å²) in [5.74, 6) is 0.839. The van der Waals surface area contributed by atoms with Gasteiger partial charge in [-0.05, 0) is 24.3 Å². The molecule has 0 aromatic carbocycles. The van der Waals surface area contributed by atoms with Crippen LogP contribution in [0.2, 0.25) is 0 Å². The summed E-state index contributed by atoms with van der Waals surface area (Å²) in [7, 11) is 1.86. The lowest BCUT2D eigenvalue weighted by Gasteiger charge is -2.38. The van der Waals surface area contributed by atoms with Crippen LogP contribution in [0.5, 0.6) is 0 Å². The summed E-state index contributed by atoms with van der Waals surface area (Å²) >= 11 is 0. The number of likely N-dealkylation sites (tertiary alicyclic amines) is 1. The number of nitrogens with two attached hydrogens (primary N) is 1. The van der Waals surface area contributed by atoms with Crippen LogP contribution in [-0.2, 0) is 18.3 Å². The predicted molar refractivity (Wildman–Crippen MR) is 84.4 cm³/mol. The van der Waals surface area contributed by atoms with Crippen LogP contribution in [-0.4, -0.2) is 39.7 Å². The van der Waals surface area contributed by atoms with Crippen molar-refractivity contribution in [2.45, 2.75) is 32.2 Å². The fourth-order valence-electron chi connectivity index (χ4n) is 2.64. The first kappa shape index (κ1) is 19.2. The van der Waals surface area contributed by atoms with Gasteiger partial charge in [-0.3, -0.25) is 9.48 Å². The quantitative estimate of drug-likeness (QED) is 0.914. The van der Waals surface area contributed by atoms with Gasteiger partial charge in [0, 0.05) is 32.4 Å². The van der Waals surface area contributed by atoms with Crippen LogP contribution < -0.4 is 5.73 Å². The van der Waals surface area contributed by atoms with Crippen LogP contribution >= 0.6 is 24.8 Å². The number of hydrogen-bond acceptors (Lipinski definition) is 3. The molecule has 2 N–H and O–H groups in total. The molecule has 1 fully saturated rings. The Labute approximate surface area is 132 Å². The summed E-state index contributed by atoms with van der Waals surface area (Å²) in [5.41, 5.74) is 6.75. The van der Waals surface area contributed by atoms with E-state index in [1.54, 1.807) is 10.9 Å². The third-order valence-corrected chi connectivity index (χ3v) is 3.68. The third-order valence-electron chi connectivity index (χ3n) is 3.68. The summed E-state index contributed by atoms with van der Waals surface area (Å²) in [6, 6.07) is 0.206. The maximum atomic E-state index is 12.3. The fourth-order valence-corrected chi connectivity index (χ4v) is 2.64. The van der Waals surface area contributed by atoms with Crippen molar-refractivity contribution < 1.29 is 4.79 Å². The largest absolute Gasteiger partial charge is 0.338 e. The lowest BCUT2D eigenvalue weighted by molar-refractivity contribution is -0.134. The molecule has 0 saturated carbocycles. The molecule has 0 bridgehead atoms. The molecule has 5 nitrogen and oxygen atoms in total. The smallest absolute Gasteiger partial charge is 0.227 e. The van der Waals surface area contributed by atoms with Crippen molar-refractivity contribution in [3.8, 4) is 0 Å². The van der Waals surface area contributed by atoms with E-state index in [1.165, 1.54) is 0 Å². The molecule has 116 valence electrons. The number of carbonyl (C=O) groups excluding carboxylic acids is 1. The Bertz CT molecular complexity index is 424. The summed E-state index contributed by atoms with van der Waals surface area (Å²) in [4.78, 5) is 14.2. The zero-order valence-electron chi connectivity index (χ0n) is 12.0. The number of halogens is 2. The molecule has 2 heterocycles. The molecule has 0 radical (unpaired) electrons. The average molecular weight is 323 g/mol. The fraction of sp³-hybridized carbons (Fsp3) is 0.692. The van der Waals surface area contributed by atoms with Gasteiger partial charge in [0.05, 0.1) is 12.6 Å². The highest BCUT2D eigenvalue weighted by molar-refractivity contribution is 5.85. The van der Waals surface area contributed by atoms with Crippen LogP contribution in [0.4, 0.5) is 0 Å². The van der Waals surface area contributed by atoms with E-state index in [-0.39, 0.29) is 36.8 Å². The van der Waals surface area contributed by atoms with Gasteiger partial charge < -0.3 is 10.6 Å². The topological polar surface area (TPSA) is 64.2 Å². The lowest BCUT2D eigenvalue weighted by atomic mass is 9.92. The number of aromatic nitrogens is 2. The summed E-state index contributed by atoms with van der Waals surface area (Å²) in [6.45, 7) is 3.62. The molecule has 1 aromatic heterocycles. The Hall–Kier alpha value is -0.780. The minimum atomic E-state index is 0. The van der Waals surface area contributed by atoms with Crippen molar-refractivity contribution in [2.75, 3.05) is 13.1 Å². The monoisotopic (exact) mass is 322 g/mol. The highest BCUT2D eigenvalue weighted by Crippen LogP contribution is 2.22. The lowest BCUT2D eigenvalue weighted by Crippen LogP contribution is -2.49. The van der Waals surface area contributed by atoms with Crippen molar-refractivity contribution in [1.29, 1.82) is 0 Å². The number of rotatable bonds is 3. The third kappa shape index (κ3) is 4.65. The molecule has 1 aliphatic rings. The molecule has 2 unspecified atom stereocenters. The molecule has 0 spiro atoms. The van der Waals surface area contributed by atoms with Gasteiger partial charge in [0.1, 0.15) is 0 Å². The number of amides is 1.